The number of carbonyl (C=O) groups excluding carboxylic acids is 1. The van der Waals surface area contributed by atoms with Crippen LogP contribution in [0.5, 0.6) is 0 Å². The van der Waals surface area contributed by atoms with Crippen LogP contribution in [0.25, 0.3) is 10.9 Å². The van der Waals surface area contributed by atoms with E-state index in [-0.39, 0.29) is 12.5 Å². The van der Waals surface area contributed by atoms with E-state index in [4.69, 9.17) is 16.7 Å². The summed E-state index contributed by atoms with van der Waals surface area (Å²) in [4.78, 5) is 17.8. The second-order valence-corrected chi connectivity index (χ2v) is 6.37. The van der Waals surface area contributed by atoms with Crippen LogP contribution in [0.3, 0.4) is 0 Å². The lowest BCUT2D eigenvalue weighted by Gasteiger charge is -2.22. The van der Waals surface area contributed by atoms with Gasteiger partial charge in [0, 0.05) is 41.3 Å². The zero-order valence-corrected chi connectivity index (χ0v) is 13.3. The van der Waals surface area contributed by atoms with Gasteiger partial charge in [0.15, 0.2) is 0 Å². The van der Waals surface area contributed by atoms with Crippen LogP contribution in [0.15, 0.2) is 24.4 Å². The largest absolute Gasteiger partial charge is 0.396 e. The van der Waals surface area contributed by atoms with E-state index in [0.717, 1.165) is 48.7 Å². The Bertz CT molecular complexity index is 664. The molecule has 1 saturated carbocycles. The maximum absolute atomic E-state index is 12.6. The summed E-state index contributed by atoms with van der Waals surface area (Å²) in [7, 11) is 0. The molecule has 1 fully saturated rings. The summed E-state index contributed by atoms with van der Waals surface area (Å²) in [6.07, 6.45) is 6.11. The molecule has 1 aliphatic rings. The lowest BCUT2D eigenvalue weighted by molar-refractivity contribution is -0.131. The molecule has 1 aromatic carbocycles. The van der Waals surface area contributed by atoms with E-state index < -0.39 is 0 Å². The number of rotatable bonds is 7. The van der Waals surface area contributed by atoms with Crippen LogP contribution in [-0.2, 0) is 11.2 Å². The Kier molecular flexibility index (Phi) is 4.69. The smallest absolute Gasteiger partial charge is 0.227 e. The number of amides is 1. The molecule has 0 radical (unpaired) electrons. The number of halogens is 1. The van der Waals surface area contributed by atoms with Crippen LogP contribution in [0.4, 0.5) is 0 Å². The van der Waals surface area contributed by atoms with E-state index in [1.807, 2.05) is 29.3 Å². The number of aromatic nitrogens is 1. The molecular weight excluding hydrogens is 300 g/mol. The molecule has 0 aliphatic heterocycles. The Morgan fingerprint density at radius 2 is 2.18 bits per heavy atom. The molecule has 3 rings (SSSR count). The summed E-state index contributed by atoms with van der Waals surface area (Å²) in [6.45, 7) is 0.931. The predicted octanol–water partition coefficient (Wildman–Crippen LogP) is 3.13. The van der Waals surface area contributed by atoms with E-state index >= 15 is 0 Å². The Hall–Kier alpha value is -1.52. The van der Waals surface area contributed by atoms with Crippen LogP contribution < -0.4 is 0 Å². The molecule has 0 spiro atoms. The third-order valence-corrected chi connectivity index (χ3v) is 4.42. The molecule has 0 atom stereocenters. The quantitative estimate of drug-likeness (QED) is 0.770. The summed E-state index contributed by atoms with van der Waals surface area (Å²) in [5.74, 6) is 0.168. The monoisotopic (exact) mass is 320 g/mol. The van der Waals surface area contributed by atoms with Gasteiger partial charge in [-0.05, 0) is 49.4 Å². The highest BCUT2D eigenvalue weighted by molar-refractivity contribution is 6.31. The maximum atomic E-state index is 12.6. The van der Waals surface area contributed by atoms with Crippen LogP contribution in [0, 0.1) is 0 Å². The van der Waals surface area contributed by atoms with E-state index in [0.29, 0.717) is 17.5 Å². The number of aromatic amines is 1. The topological polar surface area (TPSA) is 56.3 Å². The number of nitrogens with one attached hydrogen (secondary N) is 1. The molecule has 0 saturated heterocycles. The molecule has 1 amide bonds. The van der Waals surface area contributed by atoms with Gasteiger partial charge in [-0.15, -0.1) is 0 Å². The fraction of sp³-hybridized carbons (Fsp3) is 0.471. The van der Waals surface area contributed by atoms with Crippen molar-refractivity contribution in [1.82, 2.24) is 9.88 Å². The van der Waals surface area contributed by atoms with Crippen molar-refractivity contribution in [2.24, 2.45) is 0 Å². The van der Waals surface area contributed by atoms with Gasteiger partial charge >= 0.3 is 0 Å². The molecular formula is C17H21ClN2O2. The highest BCUT2D eigenvalue weighted by atomic mass is 35.5. The first-order valence-electron chi connectivity index (χ1n) is 7.85. The number of H-pyrrole nitrogens is 1. The van der Waals surface area contributed by atoms with Crippen molar-refractivity contribution >= 4 is 28.4 Å². The van der Waals surface area contributed by atoms with E-state index in [1.54, 1.807) is 0 Å². The van der Waals surface area contributed by atoms with Gasteiger partial charge in [-0.1, -0.05) is 11.6 Å². The lowest BCUT2D eigenvalue weighted by atomic mass is 10.1. The number of nitrogens with zero attached hydrogens (tertiary/aromatic N) is 1. The highest BCUT2D eigenvalue weighted by Crippen LogP contribution is 2.29. The number of benzene rings is 1. The fourth-order valence-electron chi connectivity index (χ4n) is 2.85. The van der Waals surface area contributed by atoms with Gasteiger partial charge in [0.2, 0.25) is 5.91 Å². The minimum absolute atomic E-state index is 0.168. The van der Waals surface area contributed by atoms with Gasteiger partial charge in [-0.3, -0.25) is 4.79 Å². The van der Waals surface area contributed by atoms with E-state index in [2.05, 4.69) is 4.98 Å². The number of fused-ring (bicyclic) bond motifs is 1. The molecule has 0 bridgehead atoms. The fourth-order valence-corrected chi connectivity index (χ4v) is 3.02. The second-order valence-electron chi connectivity index (χ2n) is 5.93. The normalized spacial score (nSPS) is 14.5. The first-order valence-corrected chi connectivity index (χ1v) is 8.22. The number of hydrogen-bond acceptors (Lipinski definition) is 2. The first kappa shape index (κ1) is 15.4. The predicted molar refractivity (Wildman–Crippen MR) is 88.1 cm³/mol. The molecule has 0 unspecified atom stereocenters. The summed E-state index contributed by atoms with van der Waals surface area (Å²) < 4.78 is 0. The van der Waals surface area contributed by atoms with Gasteiger partial charge in [-0.25, -0.2) is 0 Å². The van der Waals surface area contributed by atoms with Crippen molar-refractivity contribution in [1.29, 1.82) is 0 Å². The van der Waals surface area contributed by atoms with Crippen molar-refractivity contribution in [3.8, 4) is 0 Å². The molecule has 1 aromatic heterocycles. The third kappa shape index (κ3) is 3.45. The Balaban J connectivity index is 1.72. The van der Waals surface area contributed by atoms with Crippen LogP contribution >= 0.6 is 11.6 Å². The minimum atomic E-state index is 0.168. The van der Waals surface area contributed by atoms with Gasteiger partial charge in [0.05, 0.1) is 6.42 Å². The molecule has 2 aromatic rings. The zero-order valence-electron chi connectivity index (χ0n) is 12.5. The lowest BCUT2D eigenvalue weighted by Crippen LogP contribution is -2.35. The standard InChI is InChI=1S/C17H21ClN2O2/c18-13-3-6-16-15(10-13)12(11-19-16)9-17(22)20(14-4-5-14)7-1-2-8-21/h3,6,10-11,14,19,21H,1-2,4-5,7-9H2. The van der Waals surface area contributed by atoms with Crippen LogP contribution in [-0.4, -0.2) is 40.1 Å². The van der Waals surface area contributed by atoms with Gasteiger partial charge in [-0.2, -0.15) is 0 Å². The van der Waals surface area contributed by atoms with E-state index in [1.165, 1.54) is 0 Å². The van der Waals surface area contributed by atoms with Crippen molar-refractivity contribution < 1.29 is 9.90 Å². The van der Waals surface area contributed by atoms with Gasteiger partial charge < -0.3 is 15.0 Å². The van der Waals surface area contributed by atoms with Crippen LogP contribution in [0.1, 0.15) is 31.2 Å². The molecule has 5 heteroatoms. The summed E-state index contributed by atoms with van der Waals surface area (Å²) in [5.41, 5.74) is 2.00. The van der Waals surface area contributed by atoms with Crippen molar-refractivity contribution in [2.45, 2.75) is 38.1 Å². The highest BCUT2D eigenvalue weighted by Gasteiger charge is 2.32. The number of aliphatic hydroxyl groups is 1. The average molecular weight is 321 g/mol. The van der Waals surface area contributed by atoms with E-state index in [9.17, 15) is 4.79 Å². The van der Waals surface area contributed by atoms with Crippen LogP contribution in [0.2, 0.25) is 5.02 Å². The zero-order chi connectivity index (χ0) is 15.5. The molecule has 1 heterocycles. The van der Waals surface area contributed by atoms with Crippen molar-refractivity contribution in [3.05, 3.63) is 35.0 Å². The summed E-state index contributed by atoms with van der Waals surface area (Å²) in [6, 6.07) is 6.09. The average Bonchev–Trinajstić information content (AvgIpc) is 3.27. The number of unbranched alkanes of at least 4 members (excludes halogenated alkanes) is 1. The first-order chi connectivity index (χ1) is 10.7. The summed E-state index contributed by atoms with van der Waals surface area (Å²) >= 11 is 6.06. The number of hydrogen-bond donors (Lipinski definition) is 2. The molecule has 1 aliphatic carbocycles. The third-order valence-electron chi connectivity index (χ3n) is 4.19. The summed E-state index contributed by atoms with van der Waals surface area (Å²) in [5, 5.41) is 10.6. The minimum Gasteiger partial charge on any atom is -0.396 e. The van der Waals surface area contributed by atoms with Gasteiger partial charge in [0.25, 0.3) is 0 Å². The van der Waals surface area contributed by atoms with Crippen molar-refractivity contribution in [3.63, 3.8) is 0 Å². The Morgan fingerprint density at radius 1 is 1.36 bits per heavy atom. The van der Waals surface area contributed by atoms with Crippen molar-refractivity contribution in [2.75, 3.05) is 13.2 Å². The maximum Gasteiger partial charge on any atom is 0.227 e. The SMILES string of the molecule is O=C(Cc1c[nH]c2ccc(Cl)cc12)N(CCCCO)C1CC1. The molecule has 4 nitrogen and oxygen atoms in total. The molecule has 22 heavy (non-hydrogen) atoms. The second kappa shape index (κ2) is 6.71. The molecule has 118 valence electrons. The Labute approximate surface area is 135 Å². The number of carbonyl (C=O) groups is 1. The number of aliphatic hydroxyl groups excluding tert-OH is 1. The Morgan fingerprint density at radius 3 is 2.91 bits per heavy atom. The van der Waals surface area contributed by atoms with Gasteiger partial charge in [0.1, 0.15) is 0 Å². The molecule has 2 N–H and O–H groups in total.